The summed E-state index contributed by atoms with van der Waals surface area (Å²) in [5.74, 6) is -5.10. The molecule has 1 amide bonds. The number of nitrogen functional groups attached to an aromatic ring is 1. The summed E-state index contributed by atoms with van der Waals surface area (Å²) in [5.41, 5.74) is 4.64. The molecule has 0 atom stereocenters. The number of pyridine rings is 1. The van der Waals surface area contributed by atoms with Gasteiger partial charge in [-0.2, -0.15) is 8.78 Å². The van der Waals surface area contributed by atoms with Gasteiger partial charge < -0.3 is 11.1 Å². The van der Waals surface area contributed by atoms with E-state index < -0.39 is 17.4 Å². The lowest BCUT2D eigenvalue weighted by molar-refractivity contribution is -0.139. The number of hydrogen-bond acceptors (Lipinski definition) is 3. The van der Waals surface area contributed by atoms with Crippen LogP contribution in [0.4, 0.5) is 20.3 Å². The van der Waals surface area contributed by atoms with E-state index in [0.717, 1.165) is 0 Å². The van der Waals surface area contributed by atoms with Crippen LogP contribution >= 0.6 is 0 Å². The third-order valence-electron chi connectivity index (χ3n) is 1.81. The predicted molar refractivity (Wildman–Crippen MR) is 41.2 cm³/mol. The van der Waals surface area contributed by atoms with Crippen molar-refractivity contribution in [1.29, 1.82) is 0 Å². The minimum atomic E-state index is -3.56. The average Bonchev–Trinajstić information content (AvgIpc) is 2.24. The second kappa shape index (κ2) is 2.15. The Balaban J connectivity index is 2.70. The molecule has 0 fully saturated rings. The zero-order chi connectivity index (χ0) is 9.64. The van der Waals surface area contributed by atoms with Crippen molar-refractivity contribution in [2.24, 2.45) is 0 Å². The summed E-state index contributed by atoms with van der Waals surface area (Å²) >= 11 is 0. The minimum absolute atomic E-state index is 0.131. The monoisotopic (exact) mass is 185 g/mol. The molecule has 1 aliphatic rings. The van der Waals surface area contributed by atoms with E-state index in [9.17, 15) is 13.6 Å². The Hall–Kier alpha value is -1.72. The van der Waals surface area contributed by atoms with E-state index in [1.54, 1.807) is 0 Å². The van der Waals surface area contributed by atoms with Gasteiger partial charge in [0.2, 0.25) is 0 Å². The van der Waals surface area contributed by atoms with E-state index in [0.29, 0.717) is 0 Å². The quantitative estimate of drug-likeness (QED) is 0.625. The zero-order valence-electron chi connectivity index (χ0n) is 6.34. The van der Waals surface area contributed by atoms with Crippen LogP contribution in [0.2, 0.25) is 0 Å². The molecular formula is C7H5F2N3O. The summed E-state index contributed by atoms with van der Waals surface area (Å²) in [5, 5.41) is 1.95. The first kappa shape index (κ1) is 7.90. The van der Waals surface area contributed by atoms with Gasteiger partial charge in [0, 0.05) is 11.9 Å². The second-order valence-electron chi connectivity index (χ2n) is 2.65. The number of rotatable bonds is 0. The topological polar surface area (TPSA) is 68.0 Å². The molecule has 1 aromatic heterocycles. The molecule has 1 aliphatic heterocycles. The summed E-state index contributed by atoms with van der Waals surface area (Å²) < 4.78 is 26.1. The largest absolute Gasteiger partial charge is 0.398 e. The molecule has 13 heavy (non-hydrogen) atoms. The molecule has 4 nitrogen and oxygen atoms in total. The lowest BCUT2D eigenvalue weighted by atomic mass is 10.1. The minimum Gasteiger partial charge on any atom is -0.398 e. The van der Waals surface area contributed by atoms with Gasteiger partial charge in [0.15, 0.2) is 0 Å². The van der Waals surface area contributed by atoms with Gasteiger partial charge in [-0.15, -0.1) is 0 Å². The number of alkyl halides is 2. The van der Waals surface area contributed by atoms with Crippen molar-refractivity contribution in [3.8, 4) is 0 Å². The molecule has 0 saturated carbocycles. The van der Waals surface area contributed by atoms with Crippen molar-refractivity contribution in [3.05, 3.63) is 17.8 Å². The first-order valence-electron chi connectivity index (χ1n) is 3.47. The number of anilines is 2. The number of nitrogens with one attached hydrogen (secondary N) is 1. The molecular weight excluding hydrogens is 180 g/mol. The zero-order valence-corrected chi connectivity index (χ0v) is 6.34. The highest BCUT2D eigenvalue weighted by atomic mass is 19.3. The van der Waals surface area contributed by atoms with Gasteiger partial charge in [0.1, 0.15) is 5.82 Å². The van der Waals surface area contributed by atoms with Gasteiger partial charge in [-0.05, 0) is 6.07 Å². The molecule has 2 rings (SSSR count). The van der Waals surface area contributed by atoms with E-state index in [1.807, 2.05) is 5.32 Å². The molecule has 1 aromatic rings. The Labute approximate surface area is 71.8 Å². The third kappa shape index (κ3) is 0.881. The number of hydrogen-bond donors (Lipinski definition) is 2. The SMILES string of the molecule is Nc1ccnc2c1C(F)(F)C(=O)N2. The highest BCUT2D eigenvalue weighted by molar-refractivity contribution is 6.04. The van der Waals surface area contributed by atoms with Crippen LogP contribution in [0.15, 0.2) is 12.3 Å². The van der Waals surface area contributed by atoms with Crippen LogP contribution in [0.25, 0.3) is 0 Å². The van der Waals surface area contributed by atoms with E-state index in [4.69, 9.17) is 5.73 Å². The van der Waals surface area contributed by atoms with Crippen molar-refractivity contribution in [1.82, 2.24) is 4.98 Å². The van der Waals surface area contributed by atoms with Gasteiger partial charge >= 0.3 is 11.8 Å². The molecule has 6 heteroatoms. The Kier molecular flexibility index (Phi) is 1.31. The normalized spacial score (nSPS) is 18.2. The van der Waals surface area contributed by atoms with E-state index in [1.165, 1.54) is 12.3 Å². The van der Waals surface area contributed by atoms with Crippen LogP contribution in [-0.2, 0) is 10.7 Å². The van der Waals surface area contributed by atoms with Gasteiger partial charge in [0.05, 0.1) is 5.56 Å². The molecule has 68 valence electrons. The summed E-state index contributed by atoms with van der Waals surface area (Å²) in [6.45, 7) is 0. The van der Waals surface area contributed by atoms with E-state index >= 15 is 0 Å². The molecule has 0 radical (unpaired) electrons. The number of nitrogens with two attached hydrogens (primary N) is 1. The molecule has 0 unspecified atom stereocenters. The summed E-state index contributed by atoms with van der Waals surface area (Å²) in [7, 11) is 0. The first-order chi connectivity index (χ1) is 6.03. The fraction of sp³-hybridized carbons (Fsp3) is 0.143. The van der Waals surface area contributed by atoms with Crippen molar-refractivity contribution in [2.75, 3.05) is 11.1 Å². The molecule has 0 aliphatic carbocycles. The maximum Gasteiger partial charge on any atom is 0.355 e. The van der Waals surface area contributed by atoms with Crippen LogP contribution in [0, 0.1) is 0 Å². The highest BCUT2D eigenvalue weighted by Gasteiger charge is 2.50. The van der Waals surface area contributed by atoms with Crippen LogP contribution < -0.4 is 11.1 Å². The smallest absolute Gasteiger partial charge is 0.355 e. The summed E-state index contributed by atoms with van der Waals surface area (Å²) in [6, 6.07) is 1.23. The maximum atomic E-state index is 13.1. The Morgan fingerprint density at radius 3 is 2.85 bits per heavy atom. The summed E-state index contributed by atoms with van der Waals surface area (Å²) in [4.78, 5) is 14.3. The van der Waals surface area contributed by atoms with Crippen LogP contribution in [0.1, 0.15) is 5.56 Å². The van der Waals surface area contributed by atoms with Gasteiger partial charge in [-0.25, -0.2) is 4.98 Å². The molecule has 2 heterocycles. The highest BCUT2D eigenvalue weighted by Crippen LogP contribution is 2.42. The fourth-order valence-electron chi connectivity index (χ4n) is 1.20. The average molecular weight is 185 g/mol. The number of fused-ring (bicyclic) bond motifs is 1. The van der Waals surface area contributed by atoms with Crippen LogP contribution in [-0.4, -0.2) is 10.9 Å². The number of halogens is 2. The maximum absolute atomic E-state index is 13.1. The Bertz CT molecular complexity index is 391. The lowest BCUT2D eigenvalue weighted by Crippen LogP contribution is -2.24. The van der Waals surface area contributed by atoms with Gasteiger partial charge in [-0.3, -0.25) is 4.79 Å². The number of nitrogens with zero attached hydrogens (tertiary/aromatic N) is 1. The van der Waals surface area contributed by atoms with Crippen LogP contribution in [0.3, 0.4) is 0 Å². The van der Waals surface area contributed by atoms with Gasteiger partial charge in [-0.1, -0.05) is 0 Å². The van der Waals surface area contributed by atoms with E-state index in [-0.39, 0.29) is 11.5 Å². The molecule has 0 bridgehead atoms. The lowest BCUT2D eigenvalue weighted by Gasteiger charge is -2.07. The molecule has 0 aromatic carbocycles. The summed E-state index contributed by atoms with van der Waals surface area (Å²) in [6.07, 6.45) is 1.26. The second-order valence-corrected chi connectivity index (χ2v) is 2.65. The third-order valence-corrected chi connectivity index (χ3v) is 1.81. The molecule has 0 spiro atoms. The standard InChI is InChI=1S/C7H5F2N3O/c8-7(9)4-3(10)1-2-11-5(4)12-6(7)13/h1-2H,(H3,10,11,12,13). The predicted octanol–water partition coefficient (Wildman–Crippen LogP) is 0.708. The van der Waals surface area contributed by atoms with Crippen molar-refractivity contribution < 1.29 is 13.6 Å². The number of carbonyl (C=O) groups is 1. The molecule has 0 saturated heterocycles. The van der Waals surface area contributed by atoms with Crippen molar-refractivity contribution in [2.45, 2.75) is 5.92 Å². The molecule has 3 N–H and O–H groups in total. The van der Waals surface area contributed by atoms with Crippen molar-refractivity contribution in [3.63, 3.8) is 0 Å². The van der Waals surface area contributed by atoms with Crippen molar-refractivity contribution >= 4 is 17.4 Å². The Morgan fingerprint density at radius 1 is 1.54 bits per heavy atom. The number of aromatic nitrogens is 1. The first-order valence-corrected chi connectivity index (χ1v) is 3.47. The van der Waals surface area contributed by atoms with E-state index in [2.05, 4.69) is 4.98 Å². The van der Waals surface area contributed by atoms with Crippen LogP contribution in [0.5, 0.6) is 0 Å². The van der Waals surface area contributed by atoms with Gasteiger partial charge in [0.25, 0.3) is 0 Å². The fourth-order valence-corrected chi connectivity index (χ4v) is 1.20. The number of carbonyl (C=O) groups excluding carboxylic acids is 1. The number of amides is 1. The Morgan fingerprint density at radius 2 is 2.23 bits per heavy atom.